The van der Waals surface area contributed by atoms with Gasteiger partial charge in [-0.3, -0.25) is 19.2 Å². The quantitative estimate of drug-likeness (QED) is 0.671. The number of fused-ring (bicyclic) bond motifs is 4. The molecular formula is C25H30FN3O5. The molecule has 2 amide bonds. The molecular weight excluding hydrogens is 441 g/mol. The maximum absolute atomic E-state index is 12.9. The lowest BCUT2D eigenvalue weighted by Gasteiger charge is -2.42. The number of carboxylic acid groups (broad SMARTS) is 1. The minimum Gasteiger partial charge on any atom is -0.481 e. The molecule has 34 heavy (non-hydrogen) atoms. The van der Waals surface area contributed by atoms with Crippen LogP contribution < -0.4 is 10.9 Å². The molecule has 2 aromatic rings. The average molecular weight is 472 g/mol. The Morgan fingerprint density at radius 1 is 1.06 bits per heavy atom. The Hall–Kier alpha value is -3.49. The van der Waals surface area contributed by atoms with Crippen LogP contribution in [-0.2, 0) is 27.3 Å². The number of hydrogen-bond donors (Lipinski definition) is 2. The normalized spacial score (nSPS) is 18.2. The molecule has 2 atom stereocenters. The van der Waals surface area contributed by atoms with Gasteiger partial charge in [0.2, 0.25) is 11.8 Å². The van der Waals surface area contributed by atoms with Crippen LogP contribution >= 0.6 is 0 Å². The molecule has 1 fully saturated rings. The van der Waals surface area contributed by atoms with Gasteiger partial charge in [0, 0.05) is 63.6 Å². The summed E-state index contributed by atoms with van der Waals surface area (Å²) in [4.78, 5) is 47.7. The molecule has 3 heterocycles. The van der Waals surface area contributed by atoms with E-state index in [1.165, 1.54) is 12.1 Å². The van der Waals surface area contributed by atoms with Crippen LogP contribution in [-0.4, -0.2) is 52.0 Å². The zero-order valence-corrected chi connectivity index (χ0v) is 19.2. The molecule has 2 aliphatic rings. The number of carbonyl (C=O) groups excluding carboxylic acids is 2. The van der Waals surface area contributed by atoms with Gasteiger partial charge < -0.3 is 19.9 Å². The van der Waals surface area contributed by atoms with E-state index in [1.54, 1.807) is 24.3 Å². The summed E-state index contributed by atoms with van der Waals surface area (Å²) in [6.45, 7) is 3.43. The lowest BCUT2D eigenvalue weighted by atomic mass is 9.83. The summed E-state index contributed by atoms with van der Waals surface area (Å²) in [5.41, 5.74) is 1.99. The van der Waals surface area contributed by atoms with Crippen molar-refractivity contribution in [2.75, 3.05) is 19.6 Å². The van der Waals surface area contributed by atoms with E-state index in [0.717, 1.165) is 24.6 Å². The van der Waals surface area contributed by atoms with E-state index in [4.69, 9.17) is 9.90 Å². The Kier molecular flexibility index (Phi) is 8.56. The van der Waals surface area contributed by atoms with E-state index < -0.39 is 5.97 Å². The molecule has 0 radical (unpaired) electrons. The lowest BCUT2D eigenvalue weighted by molar-refractivity contribution is -0.136. The molecule has 0 saturated carbocycles. The number of carboxylic acids is 1. The number of benzene rings is 1. The van der Waals surface area contributed by atoms with Crippen molar-refractivity contribution in [1.29, 1.82) is 0 Å². The molecule has 1 aromatic heterocycles. The Morgan fingerprint density at radius 3 is 2.47 bits per heavy atom. The van der Waals surface area contributed by atoms with Crippen molar-refractivity contribution in [3.05, 3.63) is 69.9 Å². The third kappa shape index (κ3) is 7.00. The van der Waals surface area contributed by atoms with Crippen molar-refractivity contribution in [2.45, 2.75) is 45.1 Å². The van der Waals surface area contributed by atoms with E-state index in [-0.39, 0.29) is 47.9 Å². The third-order valence-electron chi connectivity index (χ3n) is 6.05. The largest absolute Gasteiger partial charge is 0.481 e. The van der Waals surface area contributed by atoms with Crippen molar-refractivity contribution >= 4 is 17.8 Å². The second-order valence-electron chi connectivity index (χ2n) is 8.74. The fraction of sp³-hybridized carbons (Fsp3) is 0.440. The van der Waals surface area contributed by atoms with Crippen LogP contribution in [0.15, 0.2) is 47.3 Å². The molecule has 4 rings (SSSR count). The highest BCUT2D eigenvalue weighted by atomic mass is 19.1. The van der Waals surface area contributed by atoms with Gasteiger partial charge in [-0.1, -0.05) is 18.2 Å². The highest BCUT2D eigenvalue weighted by Crippen LogP contribution is 2.35. The number of hydrogen-bond acceptors (Lipinski definition) is 4. The minimum absolute atomic E-state index is 0.00915. The predicted octanol–water partition coefficient (Wildman–Crippen LogP) is 2.16. The monoisotopic (exact) mass is 471 g/mol. The van der Waals surface area contributed by atoms with Gasteiger partial charge in [-0.25, -0.2) is 4.39 Å². The molecule has 2 aliphatic heterocycles. The zero-order chi connectivity index (χ0) is 24.7. The lowest BCUT2D eigenvalue weighted by Crippen LogP contribution is -2.49. The van der Waals surface area contributed by atoms with Crippen LogP contribution in [0.4, 0.5) is 4.39 Å². The second kappa shape index (κ2) is 11.6. The van der Waals surface area contributed by atoms with E-state index >= 15 is 0 Å². The van der Waals surface area contributed by atoms with Crippen molar-refractivity contribution in [2.24, 2.45) is 5.92 Å². The molecule has 1 saturated heterocycles. The number of amides is 2. The van der Waals surface area contributed by atoms with Crippen LogP contribution in [0.2, 0.25) is 0 Å². The van der Waals surface area contributed by atoms with Crippen LogP contribution in [0.5, 0.6) is 0 Å². The van der Waals surface area contributed by atoms with Crippen molar-refractivity contribution in [1.82, 2.24) is 14.8 Å². The number of nitrogens with one attached hydrogen (secondary N) is 1. The first-order valence-corrected chi connectivity index (χ1v) is 11.4. The number of nitrogens with zero attached hydrogens (tertiary/aromatic N) is 2. The maximum atomic E-state index is 12.9. The molecule has 1 aromatic carbocycles. The maximum Gasteiger partial charge on any atom is 0.300 e. The number of halogens is 1. The summed E-state index contributed by atoms with van der Waals surface area (Å²) in [5, 5.41) is 10.2. The molecule has 9 heteroatoms. The Labute approximate surface area is 197 Å². The number of likely N-dealkylation sites (tertiary alicyclic amines) is 1. The molecule has 2 N–H and O–H groups in total. The summed E-state index contributed by atoms with van der Waals surface area (Å²) in [5.74, 6) is -0.812. The van der Waals surface area contributed by atoms with E-state index in [2.05, 4.69) is 5.32 Å². The fourth-order valence-corrected chi connectivity index (χ4v) is 4.56. The van der Waals surface area contributed by atoms with Gasteiger partial charge in [-0.2, -0.15) is 0 Å². The number of rotatable bonds is 6. The van der Waals surface area contributed by atoms with Crippen LogP contribution in [0.3, 0.4) is 0 Å². The summed E-state index contributed by atoms with van der Waals surface area (Å²) in [6, 6.07) is 11.5. The van der Waals surface area contributed by atoms with Gasteiger partial charge in [-0.05, 0) is 42.5 Å². The van der Waals surface area contributed by atoms with Gasteiger partial charge in [0.15, 0.2) is 0 Å². The van der Waals surface area contributed by atoms with Crippen LogP contribution in [0.1, 0.15) is 43.4 Å². The SMILES string of the molecule is CC(=O)O.O=C(CCC(=O)N1CC2C[C@H](C1)c1cccc(=O)n1C2)NCCc1ccc(F)cc1. The first-order chi connectivity index (χ1) is 16.2. The smallest absolute Gasteiger partial charge is 0.300 e. The number of pyridine rings is 1. The highest BCUT2D eigenvalue weighted by molar-refractivity contribution is 5.83. The Morgan fingerprint density at radius 2 is 1.76 bits per heavy atom. The minimum atomic E-state index is -0.833. The van der Waals surface area contributed by atoms with Gasteiger partial charge in [0.05, 0.1) is 0 Å². The Bertz CT molecular complexity index is 1080. The Balaban J connectivity index is 0.000000751. The van der Waals surface area contributed by atoms with E-state index in [9.17, 15) is 18.8 Å². The second-order valence-corrected chi connectivity index (χ2v) is 8.74. The standard InChI is InChI=1S/C23H26FN3O3.C2H4O2/c24-19-6-4-16(5-7-19)10-11-25-21(28)8-9-22(29)26-13-17-12-18(15-26)20-2-1-3-23(30)27(20)14-17;1-2(3)4/h1-7,17-18H,8-15H2,(H,25,28);1H3,(H,3,4)/t17?,18-;/m1./s1. The fourth-order valence-electron chi connectivity index (χ4n) is 4.56. The van der Waals surface area contributed by atoms with Gasteiger partial charge >= 0.3 is 0 Å². The van der Waals surface area contributed by atoms with Crippen LogP contribution in [0.25, 0.3) is 0 Å². The molecule has 0 aliphatic carbocycles. The average Bonchev–Trinajstić information content (AvgIpc) is 2.79. The zero-order valence-electron chi connectivity index (χ0n) is 19.2. The number of piperidine rings is 1. The summed E-state index contributed by atoms with van der Waals surface area (Å²) < 4.78 is 14.8. The highest BCUT2D eigenvalue weighted by Gasteiger charge is 2.36. The van der Waals surface area contributed by atoms with Gasteiger partial charge in [0.1, 0.15) is 5.82 Å². The third-order valence-corrected chi connectivity index (χ3v) is 6.05. The summed E-state index contributed by atoms with van der Waals surface area (Å²) in [6.07, 6.45) is 1.96. The first-order valence-electron chi connectivity index (χ1n) is 11.4. The number of carbonyl (C=O) groups is 3. The topological polar surface area (TPSA) is 109 Å². The van der Waals surface area contributed by atoms with Gasteiger partial charge in [-0.15, -0.1) is 0 Å². The first kappa shape index (κ1) is 25.1. The van der Waals surface area contributed by atoms with Crippen molar-refractivity contribution in [3.8, 4) is 0 Å². The van der Waals surface area contributed by atoms with Crippen molar-refractivity contribution in [3.63, 3.8) is 0 Å². The molecule has 2 bridgehead atoms. The summed E-state index contributed by atoms with van der Waals surface area (Å²) in [7, 11) is 0. The number of aromatic nitrogens is 1. The van der Waals surface area contributed by atoms with E-state index in [1.807, 2.05) is 15.5 Å². The van der Waals surface area contributed by atoms with Gasteiger partial charge in [0.25, 0.3) is 11.5 Å². The van der Waals surface area contributed by atoms with Crippen molar-refractivity contribution < 1.29 is 23.9 Å². The van der Waals surface area contributed by atoms with E-state index in [0.29, 0.717) is 32.6 Å². The number of aliphatic carboxylic acids is 1. The molecule has 1 unspecified atom stereocenters. The predicted molar refractivity (Wildman–Crippen MR) is 124 cm³/mol. The summed E-state index contributed by atoms with van der Waals surface area (Å²) >= 11 is 0. The molecule has 8 nitrogen and oxygen atoms in total. The molecule has 182 valence electrons. The molecule has 0 spiro atoms. The van der Waals surface area contributed by atoms with Crippen LogP contribution in [0, 0.1) is 11.7 Å².